The van der Waals surface area contributed by atoms with Gasteiger partial charge in [-0.05, 0) is 32.9 Å². The van der Waals surface area contributed by atoms with Gasteiger partial charge in [0.2, 0.25) is 0 Å². The SMILES string of the molecule is Cc1ccc(C(O)Cc2nc(C)c(C)s2)s1. The van der Waals surface area contributed by atoms with E-state index in [9.17, 15) is 5.11 Å². The molecule has 86 valence electrons. The van der Waals surface area contributed by atoms with Gasteiger partial charge in [-0.2, -0.15) is 0 Å². The van der Waals surface area contributed by atoms with Crippen LogP contribution in [0.4, 0.5) is 0 Å². The maximum atomic E-state index is 10.1. The molecule has 0 aromatic carbocycles. The molecule has 0 fully saturated rings. The highest BCUT2D eigenvalue weighted by atomic mass is 32.1. The Kier molecular flexibility index (Phi) is 3.42. The predicted molar refractivity (Wildman–Crippen MR) is 69.3 cm³/mol. The molecule has 2 rings (SSSR count). The topological polar surface area (TPSA) is 33.1 Å². The van der Waals surface area contributed by atoms with Gasteiger partial charge in [-0.1, -0.05) is 0 Å². The largest absolute Gasteiger partial charge is 0.387 e. The highest BCUT2D eigenvalue weighted by molar-refractivity contribution is 7.12. The minimum Gasteiger partial charge on any atom is -0.387 e. The van der Waals surface area contributed by atoms with E-state index in [2.05, 4.69) is 18.8 Å². The zero-order chi connectivity index (χ0) is 11.7. The Morgan fingerprint density at radius 2 is 2.00 bits per heavy atom. The predicted octanol–water partition coefficient (Wildman–Crippen LogP) is 3.41. The van der Waals surface area contributed by atoms with Crippen LogP contribution in [0.3, 0.4) is 0 Å². The Morgan fingerprint density at radius 1 is 1.25 bits per heavy atom. The van der Waals surface area contributed by atoms with Gasteiger partial charge in [0.05, 0.1) is 16.8 Å². The fourth-order valence-corrected chi connectivity index (χ4v) is 3.36. The highest BCUT2D eigenvalue weighted by Gasteiger charge is 2.13. The van der Waals surface area contributed by atoms with Gasteiger partial charge in [0.25, 0.3) is 0 Å². The molecule has 0 spiro atoms. The maximum Gasteiger partial charge on any atom is 0.0960 e. The molecule has 1 N–H and O–H groups in total. The summed E-state index contributed by atoms with van der Waals surface area (Å²) in [4.78, 5) is 7.95. The monoisotopic (exact) mass is 253 g/mol. The average molecular weight is 253 g/mol. The van der Waals surface area contributed by atoms with Crippen LogP contribution in [-0.2, 0) is 6.42 Å². The number of rotatable bonds is 3. The Bertz CT molecular complexity index is 467. The molecule has 0 aliphatic heterocycles. The molecule has 0 bridgehead atoms. The van der Waals surface area contributed by atoms with E-state index in [-0.39, 0.29) is 0 Å². The molecule has 16 heavy (non-hydrogen) atoms. The first-order chi connectivity index (χ1) is 7.56. The van der Waals surface area contributed by atoms with Crippen LogP contribution in [0.15, 0.2) is 12.1 Å². The van der Waals surface area contributed by atoms with Crippen LogP contribution >= 0.6 is 22.7 Å². The van der Waals surface area contributed by atoms with E-state index < -0.39 is 6.10 Å². The number of nitrogens with zero attached hydrogens (tertiary/aromatic N) is 1. The first-order valence-corrected chi connectivity index (χ1v) is 6.87. The summed E-state index contributed by atoms with van der Waals surface area (Å²) in [5.41, 5.74) is 1.08. The van der Waals surface area contributed by atoms with Gasteiger partial charge in [-0.15, -0.1) is 22.7 Å². The first-order valence-electron chi connectivity index (χ1n) is 5.23. The number of aromatic nitrogens is 1. The Hall–Kier alpha value is -0.710. The summed E-state index contributed by atoms with van der Waals surface area (Å²) in [6.45, 7) is 6.13. The van der Waals surface area contributed by atoms with Crippen molar-refractivity contribution in [3.63, 3.8) is 0 Å². The minimum absolute atomic E-state index is 0.413. The summed E-state index contributed by atoms with van der Waals surface area (Å²) in [7, 11) is 0. The first kappa shape index (κ1) is 11.8. The van der Waals surface area contributed by atoms with E-state index in [1.807, 2.05) is 19.1 Å². The van der Waals surface area contributed by atoms with Crippen molar-refractivity contribution in [1.29, 1.82) is 0 Å². The lowest BCUT2D eigenvalue weighted by Crippen LogP contribution is -1.98. The van der Waals surface area contributed by atoms with Crippen molar-refractivity contribution >= 4 is 22.7 Å². The summed E-state index contributed by atoms with van der Waals surface area (Å²) in [5, 5.41) is 11.1. The van der Waals surface area contributed by atoms with Gasteiger partial charge >= 0.3 is 0 Å². The Morgan fingerprint density at radius 3 is 2.50 bits per heavy atom. The molecule has 0 saturated heterocycles. The maximum absolute atomic E-state index is 10.1. The highest BCUT2D eigenvalue weighted by Crippen LogP contribution is 2.27. The van der Waals surface area contributed by atoms with E-state index in [0.29, 0.717) is 6.42 Å². The fourth-order valence-electron chi connectivity index (χ4n) is 1.52. The lowest BCUT2D eigenvalue weighted by molar-refractivity contribution is 0.182. The number of hydrogen-bond acceptors (Lipinski definition) is 4. The quantitative estimate of drug-likeness (QED) is 0.909. The van der Waals surface area contributed by atoms with Gasteiger partial charge in [0, 0.05) is 21.1 Å². The van der Waals surface area contributed by atoms with Crippen molar-refractivity contribution in [3.8, 4) is 0 Å². The second-order valence-electron chi connectivity index (χ2n) is 3.92. The molecular formula is C12H15NOS2. The van der Waals surface area contributed by atoms with Crippen LogP contribution in [0.2, 0.25) is 0 Å². The molecular weight excluding hydrogens is 238 g/mol. The van der Waals surface area contributed by atoms with Crippen molar-refractivity contribution in [2.24, 2.45) is 0 Å². The van der Waals surface area contributed by atoms with Crippen LogP contribution < -0.4 is 0 Å². The van der Waals surface area contributed by atoms with Crippen LogP contribution in [0.25, 0.3) is 0 Å². The van der Waals surface area contributed by atoms with Gasteiger partial charge in [0.1, 0.15) is 0 Å². The Labute approximate surface area is 104 Å². The summed E-state index contributed by atoms with van der Waals surface area (Å²) < 4.78 is 0. The third-order valence-electron chi connectivity index (χ3n) is 2.53. The molecule has 0 amide bonds. The second-order valence-corrected chi connectivity index (χ2v) is 6.52. The lowest BCUT2D eigenvalue weighted by Gasteiger charge is -2.05. The summed E-state index contributed by atoms with van der Waals surface area (Å²) in [5.74, 6) is 0. The van der Waals surface area contributed by atoms with Crippen LogP contribution in [-0.4, -0.2) is 10.1 Å². The number of thiazole rings is 1. The Balaban J connectivity index is 2.10. The molecule has 4 heteroatoms. The van der Waals surface area contributed by atoms with Crippen molar-refractivity contribution in [2.45, 2.75) is 33.3 Å². The van der Waals surface area contributed by atoms with Crippen LogP contribution in [0.1, 0.15) is 31.4 Å². The zero-order valence-electron chi connectivity index (χ0n) is 9.65. The van der Waals surface area contributed by atoms with E-state index in [0.717, 1.165) is 15.6 Å². The molecule has 2 aromatic rings. The molecule has 1 unspecified atom stereocenters. The standard InChI is InChI=1S/C12H15NOS2/c1-7-4-5-11(15-7)10(14)6-12-13-8(2)9(3)16-12/h4-5,10,14H,6H2,1-3H3. The minimum atomic E-state index is -0.413. The van der Waals surface area contributed by atoms with Crippen molar-refractivity contribution < 1.29 is 5.11 Å². The third-order valence-corrected chi connectivity index (χ3v) is 4.73. The van der Waals surface area contributed by atoms with Crippen LogP contribution in [0.5, 0.6) is 0 Å². The number of hydrogen-bond donors (Lipinski definition) is 1. The van der Waals surface area contributed by atoms with E-state index in [1.165, 1.54) is 9.75 Å². The van der Waals surface area contributed by atoms with Gasteiger partial charge in [0.15, 0.2) is 0 Å². The second kappa shape index (κ2) is 4.65. The van der Waals surface area contributed by atoms with Crippen molar-refractivity contribution in [1.82, 2.24) is 4.98 Å². The third kappa shape index (κ3) is 2.51. The van der Waals surface area contributed by atoms with Gasteiger partial charge < -0.3 is 5.11 Å². The molecule has 2 nitrogen and oxygen atoms in total. The van der Waals surface area contributed by atoms with E-state index in [1.54, 1.807) is 22.7 Å². The average Bonchev–Trinajstić information content (AvgIpc) is 2.75. The van der Waals surface area contributed by atoms with Gasteiger partial charge in [-0.25, -0.2) is 4.98 Å². The fraction of sp³-hybridized carbons (Fsp3) is 0.417. The molecule has 0 aliphatic rings. The van der Waals surface area contributed by atoms with E-state index >= 15 is 0 Å². The zero-order valence-corrected chi connectivity index (χ0v) is 11.3. The van der Waals surface area contributed by atoms with Crippen molar-refractivity contribution in [2.75, 3.05) is 0 Å². The number of aliphatic hydroxyl groups is 1. The van der Waals surface area contributed by atoms with Crippen LogP contribution in [0, 0.1) is 20.8 Å². The van der Waals surface area contributed by atoms with Gasteiger partial charge in [-0.3, -0.25) is 0 Å². The molecule has 2 heterocycles. The number of thiophene rings is 1. The molecule has 0 saturated carbocycles. The summed E-state index contributed by atoms with van der Waals surface area (Å²) in [6.07, 6.45) is 0.211. The molecule has 1 atom stereocenters. The lowest BCUT2D eigenvalue weighted by atomic mass is 10.2. The molecule has 0 aliphatic carbocycles. The number of aryl methyl sites for hydroxylation is 3. The summed E-state index contributed by atoms with van der Waals surface area (Å²) in [6, 6.07) is 4.04. The summed E-state index contributed by atoms with van der Waals surface area (Å²) >= 11 is 3.33. The smallest absolute Gasteiger partial charge is 0.0960 e. The van der Waals surface area contributed by atoms with E-state index in [4.69, 9.17) is 0 Å². The van der Waals surface area contributed by atoms with Crippen molar-refractivity contribution in [3.05, 3.63) is 37.5 Å². The molecule has 2 aromatic heterocycles. The number of aliphatic hydroxyl groups excluding tert-OH is 1. The molecule has 0 radical (unpaired) electrons. The normalized spacial score (nSPS) is 13.0.